The van der Waals surface area contributed by atoms with Crippen molar-refractivity contribution in [1.29, 1.82) is 0 Å². The molecule has 3 rings (SSSR count). The minimum atomic E-state index is -4.60. The third-order valence-corrected chi connectivity index (χ3v) is 3.45. The highest BCUT2D eigenvalue weighted by molar-refractivity contribution is 5.84. The summed E-state index contributed by atoms with van der Waals surface area (Å²) in [5, 5.41) is 6.09. The van der Waals surface area contributed by atoms with Crippen LogP contribution >= 0.6 is 0 Å². The molecule has 0 aliphatic rings. The monoisotopic (exact) mass is 334 g/mol. The second-order valence-electron chi connectivity index (χ2n) is 5.16. The van der Waals surface area contributed by atoms with Crippen LogP contribution in [0.1, 0.15) is 11.3 Å². The van der Waals surface area contributed by atoms with E-state index < -0.39 is 17.8 Å². The first-order valence-electron chi connectivity index (χ1n) is 7.13. The molecular weight excluding hydrogens is 321 g/mol. The molecular formula is C16H13F3N4O. The molecule has 0 unspecified atom stereocenters. The number of carbonyl (C=O) groups is 1. The van der Waals surface area contributed by atoms with Crippen LogP contribution in [0, 0.1) is 0 Å². The van der Waals surface area contributed by atoms with Crippen molar-refractivity contribution >= 4 is 16.8 Å². The zero-order valence-corrected chi connectivity index (χ0v) is 12.4. The van der Waals surface area contributed by atoms with Crippen molar-refractivity contribution in [2.75, 3.05) is 0 Å². The largest absolute Gasteiger partial charge is 0.435 e. The van der Waals surface area contributed by atoms with Gasteiger partial charge in [0, 0.05) is 18.9 Å². The summed E-state index contributed by atoms with van der Waals surface area (Å²) in [6.45, 7) is -0.00398. The number of alkyl halides is 3. The average molecular weight is 334 g/mol. The molecule has 1 aromatic carbocycles. The van der Waals surface area contributed by atoms with Crippen LogP contribution in [-0.4, -0.2) is 20.7 Å². The average Bonchev–Trinajstić information content (AvgIpc) is 2.93. The summed E-state index contributed by atoms with van der Waals surface area (Å²) >= 11 is 0. The third-order valence-electron chi connectivity index (χ3n) is 3.45. The van der Waals surface area contributed by atoms with Gasteiger partial charge < -0.3 is 5.32 Å². The van der Waals surface area contributed by atoms with Crippen LogP contribution in [0.5, 0.6) is 0 Å². The van der Waals surface area contributed by atoms with Crippen molar-refractivity contribution in [2.45, 2.75) is 19.3 Å². The van der Waals surface area contributed by atoms with E-state index in [4.69, 9.17) is 0 Å². The van der Waals surface area contributed by atoms with Crippen LogP contribution in [0.4, 0.5) is 13.2 Å². The number of rotatable bonds is 4. The lowest BCUT2D eigenvalue weighted by Gasteiger charge is -2.06. The maximum absolute atomic E-state index is 13.0. The van der Waals surface area contributed by atoms with Gasteiger partial charge in [0.25, 0.3) is 0 Å². The molecule has 1 amide bonds. The Bertz CT molecular complexity index is 859. The van der Waals surface area contributed by atoms with Gasteiger partial charge in [0.15, 0.2) is 5.69 Å². The molecule has 0 saturated carbocycles. The Labute approximate surface area is 135 Å². The van der Waals surface area contributed by atoms with E-state index in [9.17, 15) is 18.0 Å². The molecule has 0 spiro atoms. The van der Waals surface area contributed by atoms with E-state index >= 15 is 0 Å². The van der Waals surface area contributed by atoms with Gasteiger partial charge in [0.2, 0.25) is 5.91 Å². The first-order chi connectivity index (χ1) is 11.4. The van der Waals surface area contributed by atoms with Crippen molar-refractivity contribution in [1.82, 2.24) is 20.1 Å². The van der Waals surface area contributed by atoms with E-state index in [1.807, 2.05) is 30.3 Å². The number of carbonyl (C=O) groups excluding carboxylic acids is 1. The van der Waals surface area contributed by atoms with E-state index in [0.717, 1.165) is 16.4 Å². The Hall–Kier alpha value is -2.90. The van der Waals surface area contributed by atoms with Crippen LogP contribution < -0.4 is 5.32 Å². The number of amides is 1. The van der Waals surface area contributed by atoms with Gasteiger partial charge in [-0.15, -0.1) is 0 Å². The van der Waals surface area contributed by atoms with Gasteiger partial charge in [0.1, 0.15) is 6.54 Å². The van der Waals surface area contributed by atoms with Crippen molar-refractivity contribution in [3.63, 3.8) is 0 Å². The van der Waals surface area contributed by atoms with Gasteiger partial charge in [-0.1, -0.05) is 30.3 Å². The highest BCUT2D eigenvalue weighted by Crippen LogP contribution is 2.33. The minimum absolute atomic E-state index is 0.124. The van der Waals surface area contributed by atoms with E-state index in [2.05, 4.69) is 15.4 Å². The van der Waals surface area contributed by atoms with E-state index in [1.165, 1.54) is 12.3 Å². The number of pyridine rings is 1. The number of hydrogen-bond donors (Lipinski definition) is 1. The molecule has 0 saturated heterocycles. The number of halogens is 3. The second kappa shape index (κ2) is 6.31. The Morgan fingerprint density at radius 1 is 1.17 bits per heavy atom. The summed E-state index contributed by atoms with van der Waals surface area (Å²) in [7, 11) is 0. The quantitative estimate of drug-likeness (QED) is 0.798. The first-order valence-corrected chi connectivity index (χ1v) is 7.13. The standard InChI is InChI=1S/C16H13F3N4O/c17-16(18,19)15-12-9-20-7-6-13(12)23(22-15)10-14(24)21-8-11-4-2-1-3-5-11/h1-7,9H,8,10H2,(H,21,24). The molecule has 0 atom stereocenters. The molecule has 0 aliphatic carbocycles. The number of benzene rings is 1. The summed E-state index contributed by atoms with van der Waals surface area (Å²) in [5.41, 5.74) is 0.0741. The normalized spacial score (nSPS) is 11.6. The molecule has 0 aliphatic heterocycles. The maximum Gasteiger partial charge on any atom is 0.435 e. The lowest BCUT2D eigenvalue weighted by Crippen LogP contribution is -2.27. The summed E-state index contributed by atoms with van der Waals surface area (Å²) in [5.74, 6) is -0.422. The zero-order valence-electron chi connectivity index (χ0n) is 12.4. The van der Waals surface area contributed by atoms with Gasteiger partial charge in [-0.3, -0.25) is 14.5 Å². The maximum atomic E-state index is 13.0. The lowest BCUT2D eigenvalue weighted by atomic mass is 10.2. The molecule has 124 valence electrons. The van der Waals surface area contributed by atoms with E-state index in [0.29, 0.717) is 6.54 Å². The van der Waals surface area contributed by atoms with Crippen molar-refractivity contribution in [3.05, 3.63) is 60.0 Å². The minimum Gasteiger partial charge on any atom is -0.350 e. The highest BCUT2D eigenvalue weighted by atomic mass is 19.4. The summed E-state index contributed by atoms with van der Waals surface area (Å²) in [6.07, 6.45) is -2.14. The Kier molecular flexibility index (Phi) is 4.20. The summed E-state index contributed by atoms with van der Waals surface area (Å²) in [6, 6.07) is 10.6. The fourth-order valence-electron chi connectivity index (χ4n) is 2.34. The number of fused-ring (bicyclic) bond motifs is 1. The molecule has 3 aromatic rings. The molecule has 24 heavy (non-hydrogen) atoms. The van der Waals surface area contributed by atoms with Crippen molar-refractivity contribution in [3.8, 4) is 0 Å². The molecule has 2 aromatic heterocycles. The van der Waals surface area contributed by atoms with Gasteiger partial charge >= 0.3 is 6.18 Å². The molecule has 0 bridgehead atoms. The van der Waals surface area contributed by atoms with E-state index in [-0.39, 0.29) is 17.4 Å². The summed E-state index contributed by atoms with van der Waals surface area (Å²) < 4.78 is 40.1. The lowest BCUT2D eigenvalue weighted by molar-refractivity contribution is -0.140. The number of hydrogen-bond acceptors (Lipinski definition) is 3. The third kappa shape index (κ3) is 3.37. The van der Waals surface area contributed by atoms with Crippen molar-refractivity contribution in [2.24, 2.45) is 0 Å². The molecule has 5 nitrogen and oxygen atoms in total. The number of nitrogens with zero attached hydrogens (tertiary/aromatic N) is 3. The highest BCUT2D eigenvalue weighted by Gasteiger charge is 2.37. The summed E-state index contributed by atoms with van der Waals surface area (Å²) in [4.78, 5) is 15.7. The van der Waals surface area contributed by atoms with Gasteiger partial charge in [-0.2, -0.15) is 18.3 Å². The smallest absolute Gasteiger partial charge is 0.350 e. The molecule has 8 heteroatoms. The predicted octanol–water partition coefficient (Wildman–Crippen LogP) is 2.77. The predicted molar refractivity (Wildman–Crippen MR) is 80.8 cm³/mol. The number of nitrogens with one attached hydrogen (secondary N) is 1. The first kappa shape index (κ1) is 16.0. The molecule has 0 fully saturated rings. The van der Waals surface area contributed by atoms with Crippen LogP contribution in [0.2, 0.25) is 0 Å². The van der Waals surface area contributed by atoms with Crippen LogP contribution in [-0.2, 0) is 24.1 Å². The zero-order chi connectivity index (χ0) is 17.2. The molecule has 1 N–H and O–H groups in total. The Morgan fingerprint density at radius 2 is 1.92 bits per heavy atom. The van der Waals surface area contributed by atoms with Gasteiger partial charge in [0.05, 0.1) is 10.9 Å². The molecule has 0 radical (unpaired) electrons. The Balaban J connectivity index is 1.79. The molecule has 2 heterocycles. The Morgan fingerprint density at radius 3 is 2.62 bits per heavy atom. The van der Waals surface area contributed by atoms with Crippen LogP contribution in [0.15, 0.2) is 48.8 Å². The second-order valence-corrected chi connectivity index (χ2v) is 5.16. The number of aromatic nitrogens is 3. The SMILES string of the molecule is O=C(Cn1nc(C(F)(F)F)c2cnccc21)NCc1ccccc1. The topological polar surface area (TPSA) is 59.8 Å². The van der Waals surface area contributed by atoms with Crippen molar-refractivity contribution < 1.29 is 18.0 Å². The van der Waals surface area contributed by atoms with Gasteiger partial charge in [-0.05, 0) is 11.6 Å². The fraction of sp³-hybridized carbons (Fsp3) is 0.188. The van der Waals surface area contributed by atoms with Gasteiger partial charge in [-0.25, -0.2) is 0 Å². The van der Waals surface area contributed by atoms with Crippen LogP contribution in [0.3, 0.4) is 0 Å². The van der Waals surface area contributed by atoms with E-state index in [1.54, 1.807) is 0 Å². The van der Waals surface area contributed by atoms with Crippen LogP contribution in [0.25, 0.3) is 10.9 Å². The fourth-order valence-corrected chi connectivity index (χ4v) is 2.34.